The Kier molecular flexibility index (Phi) is 2.60. The van der Waals surface area contributed by atoms with Gasteiger partial charge >= 0.3 is 0 Å². The third-order valence-electron chi connectivity index (χ3n) is 2.09. The molecule has 0 aliphatic heterocycles. The quantitative estimate of drug-likeness (QED) is 0.740. The molecule has 0 atom stereocenters. The van der Waals surface area contributed by atoms with Crippen molar-refractivity contribution >= 4 is 11.6 Å². The van der Waals surface area contributed by atoms with Crippen LogP contribution in [-0.2, 0) is 0 Å². The van der Waals surface area contributed by atoms with E-state index in [-0.39, 0.29) is 0 Å². The van der Waals surface area contributed by atoms with Crippen molar-refractivity contribution in [1.29, 1.82) is 0 Å². The highest BCUT2D eigenvalue weighted by Gasteiger charge is 2.08. The van der Waals surface area contributed by atoms with Crippen molar-refractivity contribution in [3.8, 4) is 11.4 Å². The number of nitrogens with zero attached hydrogens (tertiary/aromatic N) is 4. The van der Waals surface area contributed by atoms with Crippen molar-refractivity contribution in [1.82, 2.24) is 20.4 Å². The van der Waals surface area contributed by atoms with Gasteiger partial charge in [0.1, 0.15) is 0 Å². The molecular weight excluding hydrogens is 212 g/mol. The Bertz CT molecular complexity index is 481. The second-order valence-electron chi connectivity index (χ2n) is 3.18. The molecule has 1 aromatic heterocycles. The molecular formula is C10H9ClN4. The summed E-state index contributed by atoms with van der Waals surface area (Å²) in [5, 5.41) is 16.3. The molecule has 0 N–H and O–H groups in total. The van der Waals surface area contributed by atoms with Crippen LogP contribution in [0.4, 0.5) is 0 Å². The molecule has 0 radical (unpaired) electrons. The average Bonchev–Trinajstić information content (AvgIpc) is 2.24. The number of hydrogen-bond donors (Lipinski definition) is 0. The molecule has 0 fully saturated rings. The minimum Gasteiger partial charge on any atom is -0.131 e. The summed E-state index contributed by atoms with van der Waals surface area (Å²) in [5.74, 6) is 1.05. The summed E-state index contributed by atoms with van der Waals surface area (Å²) in [7, 11) is 0. The van der Waals surface area contributed by atoms with Gasteiger partial charge in [-0.2, -0.15) is 0 Å². The van der Waals surface area contributed by atoms with Gasteiger partial charge in [-0.3, -0.25) is 0 Å². The van der Waals surface area contributed by atoms with E-state index in [2.05, 4.69) is 20.4 Å². The Morgan fingerprint density at radius 3 is 2.33 bits per heavy atom. The second-order valence-corrected chi connectivity index (χ2v) is 3.59. The Balaban J connectivity index is 2.54. The van der Waals surface area contributed by atoms with Crippen molar-refractivity contribution in [3.63, 3.8) is 0 Å². The Morgan fingerprint density at radius 1 is 1.00 bits per heavy atom. The zero-order valence-electron chi connectivity index (χ0n) is 8.40. The molecule has 0 unspecified atom stereocenters. The van der Waals surface area contributed by atoms with Crippen LogP contribution in [0.3, 0.4) is 0 Å². The maximum absolute atomic E-state index is 6.00. The summed E-state index contributed by atoms with van der Waals surface area (Å²) in [6, 6.07) is 5.58. The largest absolute Gasteiger partial charge is 0.203 e. The molecule has 0 aliphatic rings. The molecule has 0 saturated carbocycles. The Labute approximate surface area is 92.3 Å². The lowest BCUT2D eigenvalue weighted by molar-refractivity contribution is 0.815. The van der Waals surface area contributed by atoms with Crippen molar-refractivity contribution in [2.45, 2.75) is 13.8 Å². The zero-order chi connectivity index (χ0) is 10.8. The highest BCUT2D eigenvalue weighted by atomic mass is 35.5. The van der Waals surface area contributed by atoms with E-state index in [1.165, 1.54) is 0 Å². The third kappa shape index (κ3) is 1.94. The molecule has 15 heavy (non-hydrogen) atoms. The zero-order valence-corrected chi connectivity index (χ0v) is 9.15. The first-order valence-electron chi connectivity index (χ1n) is 4.48. The normalized spacial score (nSPS) is 10.3. The molecule has 0 amide bonds. The standard InChI is InChI=1S/C10H9ClN4/c1-6-8(4-3-5-9(6)11)10-14-12-7(2)13-15-10/h3-5H,1-2H3. The van der Waals surface area contributed by atoms with E-state index < -0.39 is 0 Å². The molecule has 2 aromatic rings. The molecule has 0 saturated heterocycles. The lowest BCUT2D eigenvalue weighted by Crippen LogP contribution is -1.99. The predicted molar refractivity (Wildman–Crippen MR) is 57.5 cm³/mol. The van der Waals surface area contributed by atoms with Gasteiger partial charge in [-0.1, -0.05) is 23.7 Å². The Morgan fingerprint density at radius 2 is 1.67 bits per heavy atom. The first kappa shape index (κ1) is 9.98. The number of halogens is 1. The van der Waals surface area contributed by atoms with Crippen LogP contribution in [0, 0.1) is 13.8 Å². The van der Waals surface area contributed by atoms with Crippen molar-refractivity contribution in [2.75, 3.05) is 0 Å². The van der Waals surface area contributed by atoms with E-state index in [1.54, 1.807) is 6.92 Å². The molecule has 0 spiro atoms. The number of aromatic nitrogens is 4. The van der Waals surface area contributed by atoms with Gasteiger partial charge in [-0.05, 0) is 25.5 Å². The van der Waals surface area contributed by atoms with E-state index in [4.69, 9.17) is 11.6 Å². The number of aryl methyl sites for hydroxylation is 1. The van der Waals surface area contributed by atoms with Gasteiger partial charge in [-0.15, -0.1) is 20.4 Å². The molecule has 0 bridgehead atoms. The summed E-state index contributed by atoms with van der Waals surface area (Å²) >= 11 is 6.00. The molecule has 1 heterocycles. The van der Waals surface area contributed by atoms with Crippen LogP contribution < -0.4 is 0 Å². The van der Waals surface area contributed by atoms with E-state index in [1.807, 2.05) is 25.1 Å². The predicted octanol–water partition coefficient (Wildman–Crippen LogP) is 2.20. The van der Waals surface area contributed by atoms with Crippen LogP contribution in [0.15, 0.2) is 18.2 Å². The minimum absolute atomic E-state index is 0.501. The number of benzene rings is 1. The SMILES string of the molecule is Cc1nnc(-c2cccc(Cl)c2C)nn1. The van der Waals surface area contributed by atoms with Crippen LogP contribution in [0.5, 0.6) is 0 Å². The summed E-state index contributed by atoms with van der Waals surface area (Å²) in [5.41, 5.74) is 1.80. The van der Waals surface area contributed by atoms with E-state index >= 15 is 0 Å². The van der Waals surface area contributed by atoms with E-state index in [9.17, 15) is 0 Å². The van der Waals surface area contributed by atoms with E-state index in [0.29, 0.717) is 16.7 Å². The first-order valence-corrected chi connectivity index (χ1v) is 4.86. The van der Waals surface area contributed by atoms with Crippen LogP contribution in [0.2, 0.25) is 5.02 Å². The molecule has 5 heteroatoms. The third-order valence-corrected chi connectivity index (χ3v) is 2.50. The molecule has 4 nitrogen and oxygen atoms in total. The van der Waals surface area contributed by atoms with Gasteiger partial charge < -0.3 is 0 Å². The van der Waals surface area contributed by atoms with Gasteiger partial charge in [0, 0.05) is 10.6 Å². The fourth-order valence-corrected chi connectivity index (χ4v) is 1.41. The van der Waals surface area contributed by atoms with Gasteiger partial charge in [0.25, 0.3) is 0 Å². The Hall–Kier alpha value is -1.55. The smallest absolute Gasteiger partial charge is 0.131 e. The van der Waals surface area contributed by atoms with Crippen LogP contribution in [0.1, 0.15) is 11.4 Å². The summed E-state index contributed by atoms with van der Waals surface area (Å²) in [4.78, 5) is 0. The van der Waals surface area contributed by atoms with Crippen molar-refractivity contribution in [2.24, 2.45) is 0 Å². The molecule has 2 rings (SSSR count). The van der Waals surface area contributed by atoms with Gasteiger partial charge in [0.05, 0.1) is 0 Å². The lowest BCUT2D eigenvalue weighted by Gasteiger charge is -2.04. The monoisotopic (exact) mass is 220 g/mol. The summed E-state index contributed by atoms with van der Waals surface area (Å²) in [6.07, 6.45) is 0. The van der Waals surface area contributed by atoms with Crippen LogP contribution in [-0.4, -0.2) is 20.4 Å². The summed E-state index contributed by atoms with van der Waals surface area (Å²) in [6.45, 7) is 3.66. The number of hydrogen-bond acceptors (Lipinski definition) is 4. The minimum atomic E-state index is 0.501. The second kappa shape index (κ2) is 3.90. The fourth-order valence-electron chi connectivity index (χ4n) is 1.24. The fraction of sp³-hybridized carbons (Fsp3) is 0.200. The first-order chi connectivity index (χ1) is 7.18. The highest BCUT2D eigenvalue weighted by molar-refractivity contribution is 6.31. The van der Waals surface area contributed by atoms with Gasteiger partial charge in [-0.25, -0.2) is 0 Å². The summed E-state index contributed by atoms with van der Waals surface area (Å²) < 4.78 is 0. The van der Waals surface area contributed by atoms with Crippen LogP contribution in [0.25, 0.3) is 11.4 Å². The number of rotatable bonds is 1. The van der Waals surface area contributed by atoms with Gasteiger partial charge in [0.2, 0.25) is 5.82 Å². The van der Waals surface area contributed by atoms with Crippen molar-refractivity contribution in [3.05, 3.63) is 34.6 Å². The maximum atomic E-state index is 6.00. The highest BCUT2D eigenvalue weighted by Crippen LogP contribution is 2.24. The van der Waals surface area contributed by atoms with Crippen molar-refractivity contribution < 1.29 is 0 Å². The maximum Gasteiger partial charge on any atom is 0.203 e. The molecule has 1 aromatic carbocycles. The molecule has 0 aliphatic carbocycles. The molecule has 76 valence electrons. The lowest BCUT2D eigenvalue weighted by atomic mass is 10.1. The topological polar surface area (TPSA) is 51.6 Å². The van der Waals surface area contributed by atoms with Gasteiger partial charge in [0.15, 0.2) is 5.82 Å². The van der Waals surface area contributed by atoms with Crippen LogP contribution >= 0.6 is 11.6 Å². The van der Waals surface area contributed by atoms with E-state index in [0.717, 1.165) is 11.1 Å². The average molecular weight is 221 g/mol.